The summed E-state index contributed by atoms with van der Waals surface area (Å²) < 4.78 is 47.1. The van der Waals surface area contributed by atoms with Crippen LogP contribution in [0.25, 0.3) is 17.5 Å². The van der Waals surface area contributed by atoms with E-state index < -0.39 is 12.1 Å². The van der Waals surface area contributed by atoms with Gasteiger partial charge in [0.05, 0.1) is 6.54 Å². The molecule has 0 unspecified atom stereocenters. The third-order valence-electron chi connectivity index (χ3n) is 3.42. The van der Waals surface area contributed by atoms with Crippen molar-refractivity contribution < 1.29 is 27.2 Å². The Morgan fingerprint density at radius 1 is 1.25 bits per heavy atom. The van der Waals surface area contributed by atoms with Crippen molar-refractivity contribution in [3.05, 3.63) is 58.6 Å². The first kappa shape index (κ1) is 19.6. The van der Waals surface area contributed by atoms with Crippen molar-refractivity contribution in [3.63, 3.8) is 0 Å². The Hall–Kier alpha value is -3.14. The Morgan fingerprint density at radius 2 is 2.04 bits per heavy atom. The lowest BCUT2D eigenvalue weighted by atomic mass is 10.2. The highest BCUT2D eigenvalue weighted by molar-refractivity contribution is 7.08. The van der Waals surface area contributed by atoms with Gasteiger partial charge in [-0.2, -0.15) is 29.5 Å². The number of nitrogens with zero attached hydrogens (tertiary/aromatic N) is 2. The summed E-state index contributed by atoms with van der Waals surface area (Å²) in [5.74, 6) is -1.30. The number of carbonyl (C=O) groups excluding carboxylic acids is 1. The molecule has 0 saturated heterocycles. The fourth-order valence-corrected chi connectivity index (χ4v) is 2.73. The lowest BCUT2D eigenvalue weighted by Gasteiger charge is -2.07. The van der Waals surface area contributed by atoms with Gasteiger partial charge in [-0.1, -0.05) is 5.16 Å². The second-order valence-corrected chi connectivity index (χ2v) is 6.25. The predicted octanol–water partition coefficient (Wildman–Crippen LogP) is 4.03. The number of benzene rings is 1. The highest BCUT2D eigenvalue weighted by atomic mass is 32.1. The summed E-state index contributed by atoms with van der Waals surface area (Å²) in [5.41, 5.74) is 1.32. The third-order valence-corrected chi connectivity index (χ3v) is 4.12. The molecule has 1 aromatic carbocycles. The molecule has 0 spiro atoms. The van der Waals surface area contributed by atoms with Crippen molar-refractivity contribution in [2.75, 3.05) is 13.2 Å². The number of ether oxygens (including phenoxy) is 1. The van der Waals surface area contributed by atoms with Gasteiger partial charge in [0.15, 0.2) is 0 Å². The maximum Gasteiger partial charge on any atom is 0.471 e. The van der Waals surface area contributed by atoms with E-state index in [9.17, 15) is 18.0 Å². The zero-order valence-corrected chi connectivity index (χ0v) is 15.1. The number of halogens is 3. The number of amides is 1. The Bertz CT molecular complexity index is 935. The number of thiophene rings is 1. The van der Waals surface area contributed by atoms with E-state index >= 15 is 0 Å². The van der Waals surface area contributed by atoms with E-state index in [-0.39, 0.29) is 18.3 Å². The minimum atomic E-state index is -4.68. The molecule has 2 aromatic heterocycles. The Labute approximate surface area is 161 Å². The van der Waals surface area contributed by atoms with Crippen LogP contribution in [0.3, 0.4) is 0 Å². The molecule has 0 bridgehead atoms. The summed E-state index contributed by atoms with van der Waals surface area (Å²) in [4.78, 5) is 15.0. The van der Waals surface area contributed by atoms with Crippen molar-refractivity contribution in [1.29, 1.82) is 0 Å². The van der Waals surface area contributed by atoms with Crippen LogP contribution in [-0.4, -0.2) is 29.2 Å². The fourth-order valence-electron chi connectivity index (χ4n) is 2.10. The second kappa shape index (κ2) is 8.70. The zero-order valence-electron chi connectivity index (χ0n) is 14.3. The molecule has 0 aliphatic rings. The molecule has 1 amide bonds. The first-order valence-corrected chi connectivity index (χ1v) is 8.98. The van der Waals surface area contributed by atoms with Gasteiger partial charge in [0, 0.05) is 11.6 Å². The Kier molecular flexibility index (Phi) is 6.09. The summed E-state index contributed by atoms with van der Waals surface area (Å²) in [6.45, 7) is 0.534. The smallest absolute Gasteiger partial charge is 0.471 e. The van der Waals surface area contributed by atoms with Crippen molar-refractivity contribution in [2.45, 2.75) is 6.18 Å². The lowest BCUT2D eigenvalue weighted by Crippen LogP contribution is -2.26. The highest BCUT2D eigenvalue weighted by Gasteiger charge is 2.38. The molecule has 0 atom stereocenters. The van der Waals surface area contributed by atoms with Crippen LogP contribution in [0.15, 0.2) is 51.7 Å². The molecule has 0 aliphatic carbocycles. The van der Waals surface area contributed by atoms with Gasteiger partial charge in [-0.25, -0.2) is 0 Å². The molecule has 1 N–H and O–H groups in total. The Morgan fingerprint density at radius 3 is 2.68 bits per heavy atom. The van der Waals surface area contributed by atoms with Crippen molar-refractivity contribution in [2.24, 2.45) is 0 Å². The predicted molar refractivity (Wildman–Crippen MR) is 96.6 cm³/mol. The number of carbonyl (C=O) groups is 1. The van der Waals surface area contributed by atoms with Gasteiger partial charge < -0.3 is 14.6 Å². The van der Waals surface area contributed by atoms with E-state index in [2.05, 4.69) is 20.0 Å². The number of rotatable bonds is 7. The van der Waals surface area contributed by atoms with Crippen molar-refractivity contribution >= 4 is 23.3 Å². The van der Waals surface area contributed by atoms with Crippen LogP contribution in [0.5, 0.6) is 5.75 Å². The molecule has 0 aliphatic heterocycles. The number of hydrogen-bond acceptors (Lipinski definition) is 6. The van der Waals surface area contributed by atoms with Crippen LogP contribution in [0.2, 0.25) is 0 Å². The van der Waals surface area contributed by atoms with Gasteiger partial charge >= 0.3 is 12.1 Å². The van der Waals surface area contributed by atoms with E-state index in [1.54, 1.807) is 29.5 Å². The van der Waals surface area contributed by atoms with E-state index in [1.807, 2.05) is 16.8 Å². The molecule has 146 valence electrons. The summed E-state index contributed by atoms with van der Waals surface area (Å²) in [7, 11) is 0. The number of hydrogen-bond donors (Lipinski definition) is 1. The number of nitrogens with one attached hydrogen (secondary N) is 1. The molecule has 6 nitrogen and oxygen atoms in total. The minimum absolute atomic E-state index is 0.163. The van der Waals surface area contributed by atoms with Gasteiger partial charge in [-0.3, -0.25) is 4.79 Å². The molecule has 0 saturated carbocycles. The second-order valence-electron chi connectivity index (χ2n) is 5.47. The SMILES string of the molecule is O=C(C=Cc1ccsc1)NCCOc1ccc(-c2noc(C(F)(F)F)n2)cc1. The standard InChI is InChI=1S/C18H14F3N3O3S/c19-18(20,21)17-23-16(24-27-17)13-2-4-14(5-3-13)26-9-8-22-15(25)6-1-12-7-10-28-11-12/h1-7,10-11H,8-9H2,(H,22,25). The van der Waals surface area contributed by atoms with Gasteiger partial charge in [0.2, 0.25) is 11.7 Å². The van der Waals surface area contributed by atoms with Gasteiger partial charge in [-0.15, -0.1) is 0 Å². The van der Waals surface area contributed by atoms with Gasteiger partial charge in [-0.05, 0) is 52.7 Å². The van der Waals surface area contributed by atoms with E-state index in [4.69, 9.17) is 4.74 Å². The molecular formula is C18H14F3N3O3S. The van der Waals surface area contributed by atoms with E-state index in [0.717, 1.165) is 5.56 Å². The van der Waals surface area contributed by atoms with Crippen LogP contribution in [0.1, 0.15) is 11.5 Å². The van der Waals surface area contributed by atoms with Crippen LogP contribution in [-0.2, 0) is 11.0 Å². The maximum absolute atomic E-state index is 12.5. The van der Waals surface area contributed by atoms with Crippen molar-refractivity contribution in [3.8, 4) is 17.1 Å². The first-order valence-electron chi connectivity index (χ1n) is 8.04. The minimum Gasteiger partial charge on any atom is -0.492 e. The monoisotopic (exact) mass is 409 g/mol. The topological polar surface area (TPSA) is 77.2 Å². The van der Waals surface area contributed by atoms with Crippen LogP contribution < -0.4 is 10.1 Å². The number of alkyl halides is 3. The maximum atomic E-state index is 12.5. The molecule has 2 heterocycles. The number of aromatic nitrogens is 2. The summed E-state index contributed by atoms with van der Waals surface area (Å²) >= 11 is 1.55. The van der Waals surface area contributed by atoms with Crippen molar-refractivity contribution in [1.82, 2.24) is 15.5 Å². The fraction of sp³-hybridized carbons (Fsp3) is 0.167. The Balaban J connectivity index is 1.44. The molecular weight excluding hydrogens is 395 g/mol. The van der Waals surface area contributed by atoms with Crippen LogP contribution in [0.4, 0.5) is 13.2 Å². The van der Waals surface area contributed by atoms with Crippen LogP contribution in [0, 0.1) is 0 Å². The average molecular weight is 409 g/mol. The van der Waals surface area contributed by atoms with Crippen LogP contribution >= 0.6 is 11.3 Å². The largest absolute Gasteiger partial charge is 0.492 e. The summed E-state index contributed by atoms with van der Waals surface area (Å²) in [6.07, 6.45) is -1.53. The average Bonchev–Trinajstić information content (AvgIpc) is 3.35. The summed E-state index contributed by atoms with van der Waals surface area (Å²) in [6, 6.07) is 8.07. The normalized spacial score (nSPS) is 11.7. The molecule has 0 radical (unpaired) electrons. The molecule has 10 heteroatoms. The summed E-state index contributed by atoms with van der Waals surface area (Å²) in [5, 5.41) is 9.84. The molecule has 3 aromatic rings. The first-order chi connectivity index (χ1) is 13.4. The van der Waals surface area contributed by atoms with Gasteiger partial charge in [0.25, 0.3) is 0 Å². The molecule has 3 rings (SSSR count). The zero-order chi connectivity index (χ0) is 20.0. The van der Waals surface area contributed by atoms with Gasteiger partial charge in [0.1, 0.15) is 12.4 Å². The molecule has 28 heavy (non-hydrogen) atoms. The highest BCUT2D eigenvalue weighted by Crippen LogP contribution is 2.29. The third kappa shape index (κ3) is 5.43. The lowest BCUT2D eigenvalue weighted by molar-refractivity contribution is -0.159. The quantitative estimate of drug-likeness (QED) is 0.471. The van der Waals surface area contributed by atoms with E-state index in [0.29, 0.717) is 17.9 Å². The molecule has 0 fully saturated rings. The van der Waals surface area contributed by atoms with E-state index in [1.165, 1.54) is 18.2 Å².